The number of rotatable bonds is 7. The molecule has 2 aromatic rings. The molecule has 1 aliphatic rings. The monoisotopic (exact) mass is 401 g/mol. The highest BCUT2D eigenvalue weighted by molar-refractivity contribution is 5.87. The first-order valence-corrected chi connectivity index (χ1v) is 9.40. The Labute approximate surface area is 170 Å². The summed E-state index contributed by atoms with van der Waals surface area (Å²) in [4.78, 5) is 14.0. The minimum absolute atomic E-state index is 0.267. The molecule has 0 saturated heterocycles. The maximum atomic E-state index is 11.7. The van der Waals surface area contributed by atoms with E-state index in [1.165, 1.54) is 12.7 Å². The van der Waals surface area contributed by atoms with Crippen LogP contribution in [0.15, 0.2) is 28.7 Å². The molecule has 0 radical (unpaired) electrons. The molecule has 1 aliphatic heterocycles. The molecule has 0 amide bonds. The Bertz CT molecular complexity index is 889. The third kappa shape index (κ3) is 4.40. The van der Waals surface area contributed by atoms with Crippen LogP contribution in [0.25, 0.3) is 5.57 Å². The van der Waals surface area contributed by atoms with E-state index in [0.29, 0.717) is 12.3 Å². The van der Waals surface area contributed by atoms with Crippen molar-refractivity contribution in [3.05, 3.63) is 46.9 Å². The maximum absolute atomic E-state index is 11.7. The Kier molecular flexibility index (Phi) is 6.49. The molecular weight excluding hydrogens is 374 g/mol. The van der Waals surface area contributed by atoms with Crippen molar-refractivity contribution >= 4 is 11.5 Å². The van der Waals surface area contributed by atoms with Crippen molar-refractivity contribution in [3.63, 3.8) is 0 Å². The molecule has 0 atom stereocenters. The summed E-state index contributed by atoms with van der Waals surface area (Å²) in [5.74, 6) is 2.71. The van der Waals surface area contributed by atoms with Gasteiger partial charge in [-0.3, -0.25) is 4.90 Å². The van der Waals surface area contributed by atoms with E-state index in [9.17, 15) is 4.79 Å². The van der Waals surface area contributed by atoms with Crippen molar-refractivity contribution < 1.29 is 28.2 Å². The van der Waals surface area contributed by atoms with Gasteiger partial charge >= 0.3 is 5.97 Å². The number of aryl methyl sites for hydroxylation is 1. The normalized spacial score (nSPS) is 14.3. The van der Waals surface area contributed by atoms with Gasteiger partial charge in [0.1, 0.15) is 23.0 Å². The van der Waals surface area contributed by atoms with Crippen molar-refractivity contribution in [1.29, 1.82) is 0 Å². The molecule has 0 N–H and O–H groups in total. The fraction of sp³-hybridized carbons (Fsp3) is 0.409. The van der Waals surface area contributed by atoms with Crippen molar-refractivity contribution in [3.8, 4) is 17.2 Å². The fourth-order valence-corrected chi connectivity index (χ4v) is 3.55. The van der Waals surface area contributed by atoms with Crippen molar-refractivity contribution in [2.24, 2.45) is 0 Å². The van der Waals surface area contributed by atoms with Crippen LogP contribution in [0.2, 0.25) is 0 Å². The number of benzene rings is 1. The van der Waals surface area contributed by atoms with Gasteiger partial charge in [-0.25, -0.2) is 4.79 Å². The first-order valence-electron chi connectivity index (χ1n) is 9.40. The zero-order chi connectivity index (χ0) is 21.0. The third-order valence-electron chi connectivity index (χ3n) is 5.05. The summed E-state index contributed by atoms with van der Waals surface area (Å²) in [6.07, 6.45) is 3.01. The van der Waals surface area contributed by atoms with Gasteiger partial charge in [0.2, 0.25) is 5.76 Å². The van der Waals surface area contributed by atoms with Gasteiger partial charge in [-0.05, 0) is 25.0 Å². The van der Waals surface area contributed by atoms with Crippen LogP contribution in [0, 0.1) is 6.92 Å². The van der Waals surface area contributed by atoms with Gasteiger partial charge in [0.05, 0.1) is 40.5 Å². The number of esters is 1. The van der Waals surface area contributed by atoms with E-state index in [2.05, 4.69) is 11.0 Å². The van der Waals surface area contributed by atoms with E-state index >= 15 is 0 Å². The predicted molar refractivity (Wildman–Crippen MR) is 109 cm³/mol. The zero-order valence-corrected chi connectivity index (χ0v) is 17.5. The average molecular weight is 401 g/mol. The summed E-state index contributed by atoms with van der Waals surface area (Å²) in [7, 11) is 6.26. The Morgan fingerprint density at radius 1 is 1.07 bits per heavy atom. The molecule has 1 aromatic carbocycles. The van der Waals surface area contributed by atoms with Crippen LogP contribution >= 0.6 is 0 Å². The minimum Gasteiger partial charge on any atom is -0.496 e. The largest absolute Gasteiger partial charge is 0.496 e. The van der Waals surface area contributed by atoms with E-state index in [0.717, 1.165) is 47.9 Å². The zero-order valence-electron chi connectivity index (χ0n) is 17.5. The van der Waals surface area contributed by atoms with Gasteiger partial charge in [-0.15, -0.1) is 0 Å². The van der Waals surface area contributed by atoms with Crippen molar-refractivity contribution in [1.82, 2.24) is 4.90 Å². The Morgan fingerprint density at radius 3 is 2.28 bits per heavy atom. The highest BCUT2D eigenvalue weighted by Gasteiger charge is 2.22. The summed E-state index contributed by atoms with van der Waals surface area (Å²) in [6, 6.07) is 5.62. The standard InChI is InChI=1S/C22H27NO6/c1-14-10-17(29-21(14)22(24)28-5)13-23-8-6-15(7-9-23)20-18(26-3)11-16(25-2)12-19(20)27-4/h6,10-12H,7-9,13H2,1-5H3. The lowest BCUT2D eigenvalue weighted by Gasteiger charge is -2.27. The smallest absolute Gasteiger partial charge is 0.374 e. The Morgan fingerprint density at radius 2 is 1.76 bits per heavy atom. The molecule has 0 bridgehead atoms. The molecule has 0 fully saturated rings. The molecule has 29 heavy (non-hydrogen) atoms. The van der Waals surface area contributed by atoms with E-state index in [1.54, 1.807) is 21.3 Å². The topological polar surface area (TPSA) is 70.4 Å². The second kappa shape index (κ2) is 9.05. The highest BCUT2D eigenvalue weighted by Crippen LogP contribution is 2.41. The fourth-order valence-electron chi connectivity index (χ4n) is 3.55. The van der Waals surface area contributed by atoms with E-state index in [4.69, 9.17) is 23.4 Å². The molecule has 2 heterocycles. The molecule has 7 heteroatoms. The second-order valence-corrected chi connectivity index (χ2v) is 6.84. The van der Waals surface area contributed by atoms with Gasteiger partial charge in [0.15, 0.2) is 0 Å². The molecule has 0 unspecified atom stereocenters. The molecule has 156 valence electrons. The van der Waals surface area contributed by atoms with E-state index < -0.39 is 5.97 Å². The van der Waals surface area contributed by atoms with Crippen LogP contribution in [0.1, 0.15) is 33.9 Å². The van der Waals surface area contributed by atoms with Gasteiger partial charge in [0, 0.05) is 30.8 Å². The van der Waals surface area contributed by atoms with Gasteiger partial charge in [-0.1, -0.05) is 6.08 Å². The molecule has 3 rings (SSSR count). The van der Waals surface area contributed by atoms with Crippen LogP contribution in [-0.2, 0) is 11.3 Å². The lowest BCUT2D eigenvalue weighted by molar-refractivity contribution is 0.0560. The summed E-state index contributed by atoms with van der Waals surface area (Å²) in [5, 5.41) is 0. The van der Waals surface area contributed by atoms with Crippen molar-refractivity contribution in [2.75, 3.05) is 41.5 Å². The number of ether oxygens (including phenoxy) is 4. The summed E-state index contributed by atoms with van der Waals surface area (Å²) < 4.78 is 26.9. The lowest BCUT2D eigenvalue weighted by atomic mass is 9.97. The van der Waals surface area contributed by atoms with Crippen LogP contribution in [0.3, 0.4) is 0 Å². The predicted octanol–water partition coefficient (Wildman–Crippen LogP) is 3.69. The molecule has 0 saturated carbocycles. The van der Waals surface area contributed by atoms with Gasteiger partial charge < -0.3 is 23.4 Å². The Balaban J connectivity index is 1.77. The quantitative estimate of drug-likeness (QED) is 0.655. The first kappa shape index (κ1) is 20.8. The number of hydrogen-bond acceptors (Lipinski definition) is 7. The maximum Gasteiger partial charge on any atom is 0.374 e. The molecular formula is C22H27NO6. The highest BCUT2D eigenvalue weighted by atomic mass is 16.5. The van der Waals surface area contributed by atoms with Gasteiger partial charge in [-0.2, -0.15) is 0 Å². The average Bonchev–Trinajstić information content (AvgIpc) is 3.12. The number of nitrogens with zero attached hydrogens (tertiary/aromatic N) is 1. The number of hydrogen-bond donors (Lipinski definition) is 0. The van der Waals surface area contributed by atoms with Crippen molar-refractivity contribution in [2.45, 2.75) is 19.9 Å². The minimum atomic E-state index is -0.451. The number of carbonyl (C=O) groups excluding carboxylic acids is 1. The van der Waals surface area contributed by atoms with Crippen LogP contribution in [-0.4, -0.2) is 52.4 Å². The number of methoxy groups -OCH3 is 4. The second-order valence-electron chi connectivity index (χ2n) is 6.84. The SMILES string of the molecule is COC(=O)c1oc(CN2CC=C(c3c(OC)cc(OC)cc3OC)CC2)cc1C. The summed E-state index contributed by atoms with van der Waals surface area (Å²) in [5.41, 5.74) is 2.91. The Hall–Kier alpha value is -2.93. The third-order valence-corrected chi connectivity index (χ3v) is 5.05. The molecule has 7 nitrogen and oxygen atoms in total. The number of furan rings is 1. The van der Waals surface area contributed by atoms with E-state index in [1.807, 2.05) is 25.1 Å². The van der Waals surface area contributed by atoms with Crippen LogP contribution in [0.5, 0.6) is 17.2 Å². The van der Waals surface area contributed by atoms with Crippen LogP contribution in [0.4, 0.5) is 0 Å². The summed E-state index contributed by atoms with van der Waals surface area (Å²) >= 11 is 0. The molecule has 1 aromatic heterocycles. The number of carbonyl (C=O) groups is 1. The van der Waals surface area contributed by atoms with Gasteiger partial charge in [0.25, 0.3) is 0 Å². The summed E-state index contributed by atoms with van der Waals surface area (Å²) in [6.45, 7) is 4.06. The molecule has 0 aliphatic carbocycles. The van der Waals surface area contributed by atoms with E-state index in [-0.39, 0.29) is 5.76 Å². The molecule has 0 spiro atoms. The lowest BCUT2D eigenvalue weighted by Crippen LogP contribution is -2.28. The first-order chi connectivity index (χ1) is 14.0. The van der Waals surface area contributed by atoms with Crippen LogP contribution < -0.4 is 14.2 Å².